The number of nitrogens with one attached hydrogen (secondary N) is 1. The zero-order valence-corrected chi connectivity index (χ0v) is 11.2. The van der Waals surface area contributed by atoms with Gasteiger partial charge in [0.1, 0.15) is 5.56 Å². The number of aromatic nitrogens is 2. The molecule has 0 unspecified atom stereocenters. The summed E-state index contributed by atoms with van der Waals surface area (Å²) in [5.41, 5.74) is 0.869. The normalized spacial score (nSPS) is 14.4. The van der Waals surface area contributed by atoms with E-state index < -0.39 is 5.91 Å². The van der Waals surface area contributed by atoms with E-state index in [2.05, 4.69) is 10.3 Å². The maximum atomic E-state index is 12.0. The summed E-state index contributed by atoms with van der Waals surface area (Å²) in [6.45, 7) is 0. The Kier molecular flexibility index (Phi) is 2.94. The molecule has 0 atom stereocenters. The third kappa shape index (κ3) is 2.44. The molecular formula is C13H13N3O2S. The molecule has 6 heteroatoms. The van der Waals surface area contributed by atoms with Crippen LogP contribution in [0.2, 0.25) is 0 Å². The van der Waals surface area contributed by atoms with Crippen molar-refractivity contribution >= 4 is 22.4 Å². The lowest BCUT2D eigenvalue weighted by Crippen LogP contribution is -2.26. The van der Waals surface area contributed by atoms with Crippen LogP contribution in [0.3, 0.4) is 0 Å². The summed E-state index contributed by atoms with van der Waals surface area (Å²) in [5, 5.41) is 5.21. The number of aryl methyl sites for hydroxylation is 1. The van der Waals surface area contributed by atoms with Crippen LogP contribution in [0.15, 0.2) is 28.5 Å². The lowest BCUT2D eigenvalue weighted by Gasteiger charge is -2.02. The molecule has 98 valence electrons. The Labute approximate surface area is 113 Å². The highest BCUT2D eigenvalue weighted by Gasteiger charge is 2.26. The van der Waals surface area contributed by atoms with Crippen molar-refractivity contribution in [2.24, 2.45) is 7.05 Å². The van der Waals surface area contributed by atoms with Gasteiger partial charge in [-0.2, -0.15) is 0 Å². The number of amides is 1. The van der Waals surface area contributed by atoms with Gasteiger partial charge in [0.05, 0.1) is 5.69 Å². The fraction of sp³-hybridized carbons (Fsp3) is 0.308. The standard InChI is InChI=1S/C13H13N3O2S/c1-16-6-2-3-9(12(16)18)11(17)15-13-14-10(7-19-13)8-4-5-8/h2-3,6-8H,4-5H2,1H3,(H,14,15,17). The largest absolute Gasteiger partial charge is 0.318 e. The Balaban J connectivity index is 1.80. The maximum absolute atomic E-state index is 12.0. The van der Waals surface area contributed by atoms with Crippen molar-refractivity contribution in [2.75, 3.05) is 5.32 Å². The van der Waals surface area contributed by atoms with E-state index in [-0.39, 0.29) is 11.1 Å². The van der Waals surface area contributed by atoms with E-state index >= 15 is 0 Å². The third-order valence-electron chi connectivity index (χ3n) is 3.11. The smallest absolute Gasteiger partial charge is 0.263 e. The number of anilines is 1. The van der Waals surface area contributed by atoms with Crippen molar-refractivity contribution in [3.05, 3.63) is 45.3 Å². The molecule has 2 aromatic heterocycles. The first-order valence-electron chi connectivity index (χ1n) is 6.07. The minimum absolute atomic E-state index is 0.133. The molecule has 0 aliphatic heterocycles. The highest BCUT2D eigenvalue weighted by molar-refractivity contribution is 7.14. The molecule has 1 N–H and O–H groups in total. The molecule has 0 aromatic carbocycles. The van der Waals surface area contributed by atoms with Crippen molar-refractivity contribution in [3.8, 4) is 0 Å². The maximum Gasteiger partial charge on any atom is 0.263 e. The molecule has 0 spiro atoms. The van der Waals surface area contributed by atoms with Crippen LogP contribution < -0.4 is 10.9 Å². The van der Waals surface area contributed by atoms with Gasteiger partial charge in [0.2, 0.25) is 0 Å². The molecular weight excluding hydrogens is 262 g/mol. The molecule has 2 aromatic rings. The van der Waals surface area contributed by atoms with E-state index in [1.165, 1.54) is 34.8 Å². The quantitative estimate of drug-likeness (QED) is 0.931. The van der Waals surface area contributed by atoms with Crippen LogP contribution in [0.25, 0.3) is 0 Å². The lowest BCUT2D eigenvalue weighted by atomic mass is 10.2. The van der Waals surface area contributed by atoms with Crippen molar-refractivity contribution in [1.29, 1.82) is 0 Å². The zero-order chi connectivity index (χ0) is 13.4. The van der Waals surface area contributed by atoms with E-state index in [9.17, 15) is 9.59 Å². The fourth-order valence-corrected chi connectivity index (χ4v) is 2.63. The Hall–Kier alpha value is -1.95. The molecule has 1 amide bonds. The summed E-state index contributed by atoms with van der Waals surface area (Å²) in [4.78, 5) is 28.2. The monoisotopic (exact) mass is 275 g/mol. The van der Waals surface area contributed by atoms with Gasteiger partial charge >= 0.3 is 0 Å². The van der Waals surface area contributed by atoms with Gasteiger partial charge in [0.15, 0.2) is 5.13 Å². The summed E-state index contributed by atoms with van der Waals surface area (Å²) in [5.74, 6) is 0.157. The Morgan fingerprint density at radius 3 is 3.05 bits per heavy atom. The van der Waals surface area contributed by atoms with Crippen molar-refractivity contribution in [1.82, 2.24) is 9.55 Å². The summed E-state index contributed by atoms with van der Waals surface area (Å²) < 4.78 is 1.38. The predicted molar refractivity (Wildman–Crippen MR) is 73.7 cm³/mol. The third-order valence-corrected chi connectivity index (χ3v) is 3.88. The molecule has 1 aliphatic rings. The highest BCUT2D eigenvalue weighted by Crippen LogP contribution is 2.40. The first kappa shape index (κ1) is 12.1. The lowest BCUT2D eigenvalue weighted by molar-refractivity contribution is 0.102. The average Bonchev–Trinajstić information content (AvgIpc) is 3.14. The molecule has 0 saturated heterocycles. The summed E-state index contributed by atoms with van der Waals surface area (Å²) in [6, 6.07) is 3.20. The first-order valence-corrected chi connectivity index (χ1v) is 6.95. The highest BCUT2D eigenvalue weighted by atomic mass is 32.1. The number of carbonyl (C=O) groups is 1. The van der Waals surface area contributed by atoms with Gasteiger partial charge in [0, 0.05) is 24.5 Å². The van der Waals surface area contributed by atoms with Crippen LogP contribution in [0.4, 0.5) is 5.13 Å². The number of hydrogen-bond acceptors (Lipinski definition) is 4. The topological polar surface area (TPSA) is 64.0 Å². The van der Waals surface area contributed by atoms with E-state index in [1.54, 1.807) is 19.3 Å². The van der Waals surface area contributed by atoms with Crippen LogP contribution >= 0.6 is 11.3 Å². The molecule has 19 heavy (non-hydrogen) atoms. The van der Waals surface area contributed by atoms with Crippen molar-refractivity contribution in [3.63, 3.8) is 0 Å². The number of hydrogen-bond donors (Lipinski definition) is 1. The van der Waals surface area contributed by atoms with Crippen molar-refractivity contribution < 1.29 is 4.79 Å². The van der Waals surface area contributed by atoms with Crippen LogP contribution in [-0.4, -0.2) is 15.5 Å². The van der Waals surface area contributed by atoms with Gasteiger partial charge in [-0.1, -0.05) is 0 Å². The zero-order valence-electron chi connectivity index (χ0n) is 10.4. The number of thiazole rings is 1. The molecule has 1 aliphatic carbocycles. The first-order chi connectivity index (χ1) is 9.15. The van der Waals surface area contributed by atoms with Gasteiger partial charge in [-0.15, -0.1) is 11.3 Å². The second-order valence-corrected chi connectivity index (χ2v) is 5.50. The second kappa shape index (κ2) is 4.62. The molecule has 1 saturated carbocycles. The minimum atomic E-state index is -0.405. The molecule has 0 bridgehead atoms. The SMILES string of the molecule is Cn1cccc(C(=O)Nc2nc(C3CC3)cs2)c1=O. The number of nitrogens with zero attached hydrogens (tertiary/aromatic N) is 2. The van der Waals surface area contributed by atoms with Gasteiger partial charge in [0.25, 0.3) is 11.5 Å². The van der Waals surface area contributed by atoms with Crippen LogP contribution in [0, 0.1) is 0 Å². The Morgan fingerprint density at radius 1 is 1.53 bits per heavy atom. The molecule has 3 rings (SSSR count). The molecule has 0 radical (unpaired) electrons. The summed E-state index contributed by atoms with van der Waals surface area (Å²) in [6.07, 6.45) is 3.97. The number of rotatable bonds is 3. The predicted octanol–water partition coefficient (Wildman–Crippen LogP) is 1.97. The Bertz CT molecular complexity index is 685. The summed E-state index contributed by atoms with van der Waals surface area (Å²) >= 11 is 1.40. The molecule has 2 heterocycles. The Morgan fingerprint density at radius 2 is 2.32 bits per heavy atom. The summed E-state index contributed by atoms with van der Waals surface area (Å²) in [7, 11) is 1.62. The van der Waals surface area contributed by atoms with Gasteiger partial charge in [-0.25, -0.2) is 4.98 Å². The average molecular weight is 275 g/mol. The van der Waals surface area contributed by atoms with Crippen LogP contribution in [0.5, 0.6) is 0 Å². The van der Waals surface area contributed by atoms with E-state index in [0.717, 1.165) is 5.69 Å². The fourth-order valence-electron chi connectivity index (χ4n) is 1.84. The number of carbonyl (C=O) groups excluding carboxylic acids is 1. The van der Waals surface area contributed by atoms with E-state index in [0.29, 0.717) is 11.0 Å². The van der Waals surface area contributed by atoms with Gasteiger partial charge < -0.3 is 4.57 Å². The second-order valence-electron chi connectivity index (χ2n) is 4.64. The number of pyridine rings is 1. The molecule has 1 fully saturated rings. The van der Waals surface area contributed by atoms with Crippen LogP contribution in [0.1, 0.15) is 34.8 Å². The van der Waals surface area contributed by atoms with Gasteiger partial charge in [-0.3, -0.25) is 14.9 Å². The van der Waals surface area contributed by atoms with E-state index in [4.69, 9.17) is 0 Å². The molecule has 5 nitrogen and oxygen atoms in total. The van der Waals surface area contributed by atoms with Gasteiger partial charge in [-0.05, 0) is 25.0 Å². The van der Waals surface area contributed by atoms with Crippen LogP contribution in [-0.2, 0) is 7.05 Å². The van der Waals surface area contributed by atoms with E-state index in [1.807, 2.05) is 5.38 Å². The van der Waals surface area contributed by atoms with Crippen molar-refractivity contribution in [2.45, 2.75) is 18.8 Å². The minimum Gasteiger partial charge on any atom is -0.318 e.